The molecule has 2 rings (SSSR count). The van der Waals surface area contributed by atoms with Gasteiger partial charge in [0.25, 0.3) is 0 Å². The van der Waals surface area contributed by atoms with Gasteiger partial charge in [-0.3, -0.25) is 0 Å². The quantitative estimate of drug-likeness (QED) is 0.421. The highest BCUT2D eigenvalue weighted by atomic mass is 79.9. The van der Waals surface area contributed by atoms with Crippen molar-refractivity contribution >= 4 is 31.9 Å². The van der Waals surface area contributed by atoms with Gasteiger partial charge in [0.05, 0.1) is 6.61 Å². The highest BCUT2D eigenvalue weighted by molar-refractivity contribution is 9.10. The summed E-state index contributed by atoms with van der Waals surface area (Å²) in [4.78, 5) is 0. The number of rotatable bonds is 6. The van der Waals surface area contributed by atoms with Crippen LogP contribution in [0.2, 0.25) is 0 Å². The highest BCUT2D eigenvalue weighted by Gasteiger charge is 2.14. The van der Waals surface area contributed by atoms with E-state index >= 15 is 0 Å². The SMILES string of the molecule is CC(c1ccc(Br)cc1)c1ccc(OCCCBr)cc1F. The molecule has 0 amide bonds. The number of hydrogen-bond acceptors (Lipinski definition) is 1. The fourth-order valence-electron chi connectivity index (χ4n) is 2.12. The van der Waals surface area contributed by atoms with Gasteiger partial charge in [0.2, 0.25) is 0 Å². The zero-order chi connectivity index (χ0) is 15.2. The van der Waals surface area contributed by atoms with Gasteiger partial charge in [-0.2, -0.15) is 0 Å². The van der Waals surface area contributed by atoms with Crippen LogP contribution in [0.3, 0.4) is 0 Å². The molecule has 0 heterocycles. The van der Waals surface area contributed by atoms with Crippen molar-refractivity contribution in [2.45, 2.75) is 19.3 Å². The summed E-state index contributed by atoms with van der Waals surface area (Å²) in [6.45, 7) is 2.60. The molecule has 0 aliphatic carbocycles. The average molecular weight is 416 g/mol. The largest absolute Gasteiger partial charge is 0.493 e. The van der Waals surface area contributed by atoms with Crippen LogP contribution in [0, 0.1) is 5.82 Å². The molecule has 1 nitrogen and oxygen atoms in total. The lowest BCUT2D eigenvalue weighted by Gasteiger charge is -2.15. The van der Waals surface area contributed by atoms with Crippen LogP contribution in [0.4, 0.5) is 4.39 Å². The molecule has 0 saturated carbocycles. The summed E-state index contributed by atoms with van der Waals surface area (Å²) < 4.78 is 20.8. The Bertz CT molecular complexity index is 584. The lowest BCUT2D eigenvalue weighted by molar-refractivity contribution is 0.317. The Kier molecular flexibility index (Phi) is 6.24. The molecule has 0 fully saturated rings. The maximum Gasteiger partial charge on any atom is 0.130 e. The number of halogens is 3. The van der Waals surface area contributed by atoms with Crippen LogP contribution in [0.15, 0.2) is 46.9 Å². The molecule has 1 atom stereocenters. The van der Waals surface area contributed by atoms with E-state index in [0.717, 1.165) is 21.8 Å². The van der Waals surface area contributed by atoms with Gasteiger partial charge in [0.15, 0.2) is 0 Å². The molecule has 4 heteroatoms. The Morgan fingerprint density at radius 3 is 2.48 bits per heavy atom. The molecule has 112 valence electrons. The summed E-state index contributed by atoms with van der Waals surface area (Å²) in [7, 11) is 0. The first-order valence-electron chi connectivity index (χ1n) is 6.85. The van der Waals surface area contributed by atoms with Crippen LogP contribution in [0.5, 0.6) is 5.75 Å². The van der Waals surface area contributed by atoms with Crippen LogP contribution in [-0.4, -0.2) is 11.9 Å². The van der Waals surface area contributed by atoms with E-state index < -0.39 is 0 Å². The van der Waals surface area contributed by atoms with Crippen LogP contribution < -0.4 is 4.74 Å². The van der Waals surface area contributed by atoms with Gasteiger partial charge in [0.1, 0.15) is 11.6 Å². The Morgan fingerprint density at radius 1 is 1.14 bits per heavy atom. The molecule has 0 aliphatic rings. The maximum absolute atomic E-state index is 14.3. The second-order valence-corrected chi connectivity index (χ2v) is 6.56. The van der Waals surface area contributed by atoms with E-state index in [1.165, 1.54) is 6.07 Å². The second-order valence-electron chi connectivity index (χ2n) is 4.85. The summed E-state index contributed by atoms with van der Waals surface area (Å²) in [5, 5.41) is 0.883. The van der Waals surface area contributed by atoms with E-state index in [0.29, 0.717) is 17.9 Å². The summed E-state index contributed by atoms with van der Waals surface area (Å²) in [6, 6.07) is 13.1. The van der Waals surface area contributed by atoms with Gasteiger partial charge in [-0.15, -0.1) is 0 Å². The first-order valence-corrected chi connectivity index (χ1v) is 8.77. The van der Waals surface area contributed by atoms with E-state index in [2.05, 4.69) is 31.9 Å². The lowest BCUT2D eigenvalue weighted by Crippen LogP contribution is -2.02. The van der Waals surface area contributed by atoms with E-state index in [9.17, 15) is 4.39 Å². The van der Waals surface area contributed by atoms with Crippen molar-refractivity contribution in [2.24, 2.45) is 0 Å². The van der Waals surface area contributed by atoms with Crippen molar-refractivity contribution in [1.82, 2.24) is 0 Å². The maximum atomic E-state index is 14.3. The minimum Gasteiger partial charge on any atom is -0.493 e. The van der Waals surface area contributed by atoms with E-state index in [-0.39, 0.29) is 11.7 Å². The van der Waals surface area contributed by atoms with E-state index in [4.69, 9.17) is 4.74 Å². The molecule has 0 spiro atoms. The van der Waals surface area contributed by atoms with Gasteiger partial charge in [0, 0.05) is 21.8 Å². The van der Waals surface area contributed by atoms with Crippen LogP contribution in [-0.2, 0) is 0 Å². The van der Waals surface area contributed by atoms with Crippen molar-refractivity contribution in [3.05, 3.63) is 63.9 Å². The van der Waals surface area contributed by atoms with Crippen molar-refractivity contribution in [2.75, 3.05) is 11.9 Å². The normalized spacial score (nSPS) is 12.2. The zero-order valence-electron chi connectivity index (χ0n) is 11.8. The lowest BCUT2D eigenvalue weighted by atomic mass is 9.93. The topological polar surface area (TPSA) is 9.23 Å². The minimum absolute atomic E-state index is 0.00897. The average Bonchev–Trinajstić information content (AvgIpc) is 2.48. The molecule has 0 saturated heterocycles. The van der Waals surface area contributed by atoms with Gasteiger partial charge < -0.3 is 4.74 Å². The molecule has 0 aromatic heterocycles. The standard InChI is InChI=1S/C17H17Br2FO/c1-12(13-3-5-14(19)6-4-13)16-8-7-15(11-17(16)20)21-10-2-9-18/h3-8,11-12H,2,9-10H2,1H3. The molecule has 1 unspecified atom stereocenters. The van der Waals surface area contributed by atoms with Crippen LogP contribution in [0.1, 0.15) is 30.4 Å². The first-order chi connectivity index (χ1) is 10.1. The van der Waals surface area contributed by atoms with Gasteiger partial charge in [-0.25, -0.2) is 4.39 Å². The highest BCUT2D eigenvalue weighted by Crippen LogP contribution is 2.29. The Balaban J connectivity index is 2.14. The monoisotopic (exact) mass is 414 g/mol. The second kappa shape index (κ2) is 7.95. The van der Waals surface area contributed by atoms with E-state index in [1.54, 1.807) is 0 Å². The molecule has 0 bridgehead atoms. The molecule has 21 heavy (non-hydrogen) atoms. The fraction of sp³-hybridized carbons (Fsp3) is 0.294. The summed E-state index contributed by atoms with van der Waals surface area (Å²) >= 11 is 6.75. The summed E-state index contributed by atoms with van der Waals surface area (Å²) in [5.74, 6) is 0.372. The fourth-order valence-corrected chi connectivity index (χ4v) is 2.62. The van der Waals surface area contributed by atoms with E-state index in [1.807, 2.05) is 43.3 Å². The number of ether oxygens (including phenoxy) is 1. The third-order valence-corrected chi connectivity index (χ3v) is 4.44. The van der Waals surface area contributed by atoms with Gasteiger partial charge in [-0.1, -0.05) is 57.0 Å². The molecule has 0 aliphatic heterocycles. The molecular weight excluding hydrogens is 399 g/mol. The predicted molar refractivity (Wildman–Crippen MR) is 92.0 cm³/mol. The summed E-state index contributed by atoms with van der Waals surface area (Å²) in [5.41, 5.74) is 1.77. The molecule has 2 aromatic rings. The van der Waals surface area contributed by atoms with Crippen LogP contribution >= 0.6 is 31.9 Å². The van der Waals surface area contributed by atoms with Crippen molar-refractivity contribution in [3.8, 4) is 5.75 Å². The molecular formula is C17H17Br2FO. The van der Waals surface area contributed by atoms with Crippen molar-refractivity contribution < 1.29 is 9.13 Å². The summed E-state index contributed by atoms with van der Waals surface area (Å²) in [6.07, 6.45) is 0.901. The molecule has 0 N–H and O–H groups in total. The minimum atomic E-state index is -0.221. The third-order valence-electron chi connectivity index (χ3n) is 3.36. The first kappa shape index (κ1) is 16.5. The number of benzene rings is 2. The smallest absolute Gasteiger partial charge is 0.130 e. The number of hydrogen-bond donors (Lipinski definition) is 0. The molecule has 2 aromatic carbocycles. The Hall–Kier alpha value is -0.870. The van der Waals surface area contributed by atoms with Gasteiger partial charge in [-0.05, 0) is 35.7 Å². The molecule has 0 radical (unpaired) electrons. The Labute approximate surface area is 141 Å². The van der Waals surface area contributed by atoms with Crippen LogP contribution in [0.25, 0.3) is 0 Å². The van der Waals surface area contributed by atoms with Crippen molar-refractivity contribution in [1.29, 1.82) is 0 Å². The zero-order valence-corrected chi connectivity index (χ0v) is 15.0. The predicted octanol–water partition coefficient (Wildman–Crippen LogP) is 5.90. The Morgan fingerprint density at radius 2 is 1.86 bits per heavy atom. The third kappa shape index (κ3) is 4.55. The van der Waals surface area contributed by atoms with Crippen molar-refractivity contribution in [3.63, 3.8) is 0 Å². The van der Waals surface area contributed by atoms with Gasteiger partial charge >= 0.3 is 0 Å². The number of alkyl halides is 1.